The van der Waals surface area contributed by atoms with Gasteiger partial charge in [0.05, 0.1) is 5.16 Å². The van der Waals surface area contributed by atoms with E-state index in [0.717, 1.165) is 24.3 Å². The summed E-state index contributed by atoms with van der Waals surface area (Å²) in [5, 5.41) is 3.87. The molecule has 2 fully saturated rings. The minimum absolute atomic E-state index is 0.112. The zero-order valence-electron chi connectivity index (χ0n) is 11.7. The average molecular weight is 257 g/mol. The van der Waals surface area contributed by atoms with E-state index in [0.29, 0.717) is 0 Å². The molecular formula is C13H27NO2Si. The third-order valence-corrected chi connectivity index (χ3v) is 7.51. The van der Waals surface area contributed by atoms with Gasteiger partial charge in [-0.2, -0.15) is 0 Å². The van der Waals surface area contributed by atoms with Crippen molar-refractivity contribution in [3.63, 3.8) is 0 Å². The molecule has 1 saturated heterocycles. The molecule has 0 spiro atoms. The SMILES string of the molecule is CO[SiH](OC)C1(C)NCC(C)C2CCCCC21. The lowest BCUT2D eigenvalue weighted by molar-refractivity contribution is 0.0483. The van der Waals surface area contributed by atoms with E-state index in [1.165, 1.54) is 25.7 Å². The molecule has 17 heavy (non-hydrogen) atoms. The van der Waals surface area contributed by atoms with Crippen molar-refractivity contribution in [1.82, 2.24) is 5.32 Å². The molecule has 2 aliphatic rings. The Balaban J connectivity index is 2.21. The van der Waals surface area contributed by atoms with Gasteiger partial charge < -0.3 is 14.2 Å². The van der Waals surface area contributed by atoms with Crippen LogP contribution in [0.2, 0.25) is 0 Å². The zero-order chi connectivity index (χ0) is 12.5. The van der Waals surface area contributed by atoms with Gasteiger partial charge in [-0.25, -0.2) is 0 Å². The van der Waals surface area contributed by atoms with Crippen molar-refractivity contribution in [1.29, 1.82) is 0 Å². The number of fused-ring (bicyclic) bond motifs is 1. The van der Waals surface area contributed by atoms with Crippen LogP contribution in [-0.4, -0.2) is 35.2 Å². The maximum absolute atomic E-state index is 5.68. The molecule has 4 unspecified atom stereocenters. The van der Waals surface area contributed by atoms with Crippen LogP contribution >= 0.6 is 0 Å². The molecule has 1 heterocycles. The molecule has 0 bridgehead atoms. The number of hydrogen-bond acceptors (Lipinski definition) is 3. The summed E-state index contributed by atoms with van der Waals surface area (Å²) < 4.78 is 11.4. The minimum Gasteiger partial charge on any atom is -0.399 e. The zero-order valence-corrected chi connectivity index (χ0v) is 12.8. The van der Waals surface area contributed by atoms with Crippen LogP contribution in [0.3, 0.4) is 0 Å². The van der Waals surface area contributed by atoms with Crippen LogP contribution < -0.4 is 5.32 Å². The third kappa shape index (κ3) is 2.32. The molecule has 1 saturated carbocycles. The Kier molecular flexibility index (Phi) is 4.29. The molecule has 4 atom stereocenters. The second-order valence-corrected chi connectivity index (χ2v) is 8.81. The molecule has 4 heteroatoms. The van der Waals surface area contributed by atoms with Crippen LogP contribution in [0.25, 0.3) is 0 Å². The summed E-state index contributed by atoms with van der Waals surface area (Å²) in [5.74, 6) is 2.42. The summed E-state index contributed by atoms with van der Waals surface area (Å²) >= 11 is 0. The van der Waals surface area contributed by atoms with Gasteiger partial charge in [0.2, 0.25) is 0 Å². The van der Waals surface area contributed by atoms with Crippen molar-refractivity contribution in [2.45, 2.75) is 44.7 Å². The van der Waals surface area contributed by atoms with E-state index in [4.69, 9.17) is 8.85 Å². The van der Waals surface area contributed by atoms with Crippen molar-refractivity contribution in [3.05, 3.63) is 0 Å². The lowest BCUT2D eigenvalue weighted by Gasteiger charge is -2.53. The minimum atomic E-state index is -1.62. The van der Waals surface area contributed by atoms with Crippen LogP contribution in [0, 0.1) is 17.8 Å². The lowest BCUT2D eigenvalue weighted by Crippen LogP contribution is -2.68. The number of piperidine rings is 1. The highest BCUT2D eigenvalue weighted by Crippen LogP contribution is 2.45. The summed E-state index contributed by atoms with van der Waals surface area (Å²) in [6.07, 6.45) is 5.53. The van der Waals surface area contributed by atoms with E-state index in [-0.39, 0.29) is 5.16 Å². The Hall–Kier alpha value is 0.0969. The summed E-state index contributed by atoms with van der Waals surface area (Å²) in [6, 6.07) is 0. The van der Waals surface area contributed by atoms with Gasteiger partial charge >= 0.3 is 9.28 Å². The molecule has 1 N–H and O–H groups in total. The van der Waals surface area contributed by atoms with Crippen molar-refractivity contribution in [2.24, 2.45) is 17.8 Å². The van der Waals surface area contributed by atoms with Crippen molar-refractivity contribution in [2.75, 3.05) is 20.8 Å². The first kappa shape index (κ1) is 13.5. The molecule has 100 valence electrons. The molecule has 1 aliphatic heterocycles. The highest BCUT2D eigenvalue weighted by molar-refractivity contribution is 6.48. The number of nitrogens with one attached hydrogen (secondary N) is 1. The van der Waals surface area contributed by atoms with Gasteiger partial charge in [0.1, 0.15) is 0 Å². The Labute approximate surface area is 107 Å². The molecule has 0 aromatic carbocycles. The topological polar surface area (TPSA) is 30.5 Å². The average Bonchev–Trinajstić information content (AvgIpc) is 2.36. The second-order valence-electron chi connectivity index (χ2n) is 6.00. The van der Waals surface area contributed by atoms with Crippen LogP contribution in [0.15, 0.2) is 0 Å². The van der Waals surface area contributed by atoms with E-state index in [2.05, 4.69) is 19.2 Å². The van der Waals surface area contributed by atoms with Crippen LogP contribution in [-0.2, 0) is 8.85 Å². The first-order chi connectivity index (χ1) is 8.13. The molecule has 0 aromatic rings. The van der Waals surface area contributed by atoms with Gasteiger partial charge in [0.15, 0.2) is 0 Å². The second kappa shape index (κ2) is 5.39. The van der Waals surface area contributed by atoms with Gasteiger partial charge in [0, 0.05) is 14.2 Å². The third-order valence-electron chi connectivity index (χ3n) is 5.04. The van der Waals surface area contributed by atoms with Gasteiger partial charge in [-0.1, -0.05) is 19.8 Å². The molecule has 3 nitrogen and oxygen atoms in total. The summed E-state index contributed by atoms with van der Waals surface area (Å²) in [5.41, 5.74) is 0. The summed E-state index contributed by atoms with van der Waals surface area (Å²) in [7, 11) is 2.00. The molecule has 0 amide bonds. The van der Waals surface area contributed by atoms with Gasteiger partial charge in [-0.3, -0.25) is 0 Å². The van der Waals surface area contributed by atoms with E-state index >= 15 is 0 Å². The quantitative estimate of drug-likeness (QED) is 0.783. The van der Waals surface area contributed by atoms with Crippen LogP contribution in [0.4, 0.5) is 0 Å². The van der Waals surface area contributed by atoms with Crippen molar-refractivity contribution in [3.8, 4) is 0 Å². The van der Waals surface area contributed by atoms with Gasteiger partial charge in [0.25, 0.3) is 0 Å². The van der Waals surface area contributed by atoms with Crippen molar-refractivity contribution < 1.29 is 8.85 Å². The van der Waals surface area contributed by atoms with E-state index in [1.54, 1.807) is 0 Å². The first-order valence-corrected chi connectivity index (χ1v) is 8.46. The maximum Gasteiger partial charge on any atom is 0.341 e. The fourth-order valence-corrected chi connectivity index (χ4v) is 6.31. The van der Waals surface area contributed by atoms with E-state index in [1.807, 2.05) is 14.2 Å². The Morgan fingerprint density at radius 1 is 1.18 bits per heavy atom. The highest BCUT2D eigenvalue weighted by Gasteiger charge is 2.51. The largest absolute Gasteiger partial charge is 0.399 e. The normalized spacial score (nSPS) is 42.5. The lowest BCUT2D eigenvalue weighted by atomic mass is 9.67. The van der Waals surface area contributed by atoms with Crippen molar-refractivity contribution >= 4 is 9.28 Å². The monoisotopic (exact) mass is 257 g/mol. The molecule has 0 radical (unpaired) electrons. The number of rotatable bonds is 3. The van der Waals surface area contributed by atoms with Crippen LogP contribution in [0.5, 0.6) is 0 Å². The summed E-state index contributed by atoms with van der Waals surface area (Å²) in [6.45, 7) is 5.85. The highest BCUT2D eigenvalue weighted by atomic mass is 28.3. The predicted octanol–water partition coefficient (Wildman–Crippen LogP) is 1.84. The molecule has 1 aliphatic carbocycles. The summed E-state index contributed by atoms with van der Waals surface area (Å²) in [4.78, 5) is 0. The maximum atomic E-state index is 5.68. The van der Waals surface area contributed by atoms with Crippen LogP contribution in [0.1, 0.15) is 39.5 Å². The Bertz CT molecular complexity index is 260. The smallest absolute Gasteiger partial charge is 0.341 e. The molecule has 0 aromatic heterocycles. The Morgan fingerprint density at radius 3 is 2.47 bits per heavy atom. The predicted molar refractivity (Wildman–Crippen MR) is 72.2 cm³/mol. The molecule has 2 rings (SSSR count). The fraction of sp³-hybridized carbons (Fsp3) is 1.00. The Morgan fingerprint density at radius 2 is 1.82 bits per heavy atom. The van der Waals surface area contributed by atoms with Gasteiger partial charge in [-0.15, -0.1) is 0 Å². The first-order valence-electron chi connectivity index (χ1n) is 6.94. The van der Waals surface area contributed by atoms with Gasteiger partial charge in [-0.05, 0) is 44.1 Å². The standard InChI is InChI=1S/C13H27NO2Si/c1-10-9-14-13(2,17(15-3)16-4)12-8-6-5-7-11(10)12/h10-12,14,17H,5-9H2,1-4H3. The fourth-order valence-electron chi connectivity index (χ4n) is 4.09. The van der Waals surface area contributed by atoms with E-state index < -0.39 is 9.28 Å². The molecular weight excluding hydrogens is 230 g/mol. The number of hydrogen-bond donors (Lipinski definition) is 1. The van der Waals surface area contributed by atoms with E-state index in [9.17, 15) is 0 Å².